The highest BCUT2D eigenvalue weighted by Gasteiger charge is 2.22. The molecule has 0 aromatic heterocycles. The van der Waals surface area contributed by atoms with Crippen LogP contribution in [0.5, 0.6) is 11.5 Å². The van der Waals surface area contributed by atoms with E-state index in [0.29, 0.717) is 20.7 Å². The minimum Gasteiger partial charge on any atom is -0.457 e. The fourth-order valence-corrected chi connectivity index (χ4v) is 3.69. The van der Waals surface area contributed by atoms with Crippen molar-refractivity contribution < 1.29 is 9.53 Å². The molecule has 1 aliphatic heterocycles. The Hall–Kier alpha value is -1.15. The van der Waals surface area contributed by atoms with Crippen LogP contribution in [0.15, 0.2) is 56.3 Å². The molecule has 3 rings (SSSR count). The van der Waals surface area contributed by atoms with E-state index in [4.69, 9.17) is 17.0 Å². The van der Waals surface area contributed by atoms with Gasteiger partial charge in [-0.2, -0.15) is 0 Å². The molecule has 0 bridgehead atoms. The molecule has 1 aliphatic rings. The molecule has 2 aromatic rings. The zero-order valence-corrected chi connectivity index (χ0v) is 16.3. The van der Waals surface area contributed by atoms with E-state index in [1.807, 2.05) is 42.5 Å². The number of ether oxygens (including phenoxy) is 1. The minimum absolute atomic E-state index is 0.184. The summed E-state index contributed by atoms with van der Waals surface area (Å²) < 4.78 is 8.25. The molecule has 0 saturated carbocycles. The maximum Gasteiger partial charge on any atom is 0.263 e. The van der Waals surface area contributed by atoms with E-state index in [9.17, 15) is 4.79 Å². The van der Waals surface area contributed by atoms with Gasteiger partial charge in [0.15, 0.2) is 0 Å². The third-order valence-corrected chi connectivity index (χ3v) is 5.08. The zero-order valence-electron chi connectivity index (χ0n) is 11.5. The average molecular weight is 471 g/mol. The summed E-state index contributed by atoms with van der Waals surface area (Å²) in [6, 6.07) is 13.2. The lowest BCUT2D eigenvalue weighted by Gasteiger charge is -2.10. The largest absolute Gasteiger partial charge is 0.457 e. The molecular formula is C16H9Br2NO2S2. The number of hydrogen-bond donors (Lipinski definition) is 1. The smallest absolute Gasteiger partial charge is 0.263 e. The van der Waals surface area contributed by atoms with Crippen molar-refractivity contribution in [2.45, 2.75) is 0 Å². The lowest BCUT2D eigenvalue weighted by atomic mass is 10.2. The van der Waals surface area contributed by atoms with E-state index in [0.717, 1.165) is 14.5 Å². The van der Waals surface area contributed by atoms with Gasteiger partial charge in [0, 0.05) is 14.5 Å². The van der Waals surface area contributed by atoms with Crippen molar-refractivity contribution in [2.75, 3.05) is 0 Å². The van der Waals surface area contributed by atoms with Gasteiger partial charge < -0.3 is 10.1 Å². The molecule has 0 aliphatic carbocycles. The zero-order chi connectivity index (χ0) is 16.4. The van der Waals surface area contributed by atoms with Gasteiger partial charge in [0.2, 0.25) is 0 Å². The molecule has 7 heteroatoms. The molecular weight excluding hydrogens is 462 g/mol. The molecule has 0 atom stereocenters. The standard InChI is InChI=1S/C16H9Br2NO2S2/c17-10-2-1-3-12(7-10)21-13-8-11(18)5-4-9(13)6-14-15(20)19-16(22)23-14/h1-8H,(H,19,20,22). The van der Waals surface area contributed by atoms with Crippen molar-refractivity contribution in [1.29, 1.82) is 0 Å². The topological polar surface area (TPSA) is 38.3 Å². The first-order valence-corrected chi connectivity index (χ1v) is 9.30. The number of benzene rings is 2. The summed E-state index contributed by atoms with van der Waals surface area (Å²) in [5, 5.41) is 2.61. The van der Waals surface area contributed by atoms with Crippen molar-refractivity contribution >= 4 is 72.1 Å². The summed E-state index contributed by atoms with van der Waals surface area (Å²) in [6.07, 6.45) is 1.78. The number of carbonyl (C=O) groups excluding carboxylic acids is 1. The van der Waals surface area contributed by atoms with Crippen molar-refractivity contribution in [2.24, 2.45) is 0 Å². The van der Waals surface area contributed by atoms with Crippen molar-refractivity contribution in [3.63, 3.8) is 0 Å². The molecule has 0 unspecified atom stereocenters. The van der Waals surface area contributed by atoms with E-state index < -0.39 is 0 Å². The van der Waals surface area contributed by atoms with Crippen LogP contribution in [0.25, 0.3) is 6.08 Å². The number of carbonyl (C=O) groups is 1. The van der Waals surface area contributed by atoms with E-state index in [-0.39, 0.29) is 5.91 Å². The summed E-state index contributed by atoms with van der Waals surface area (Å²) in [4.78, 5) is 12.4. The number of thiocarbonyl (C=S) groups is 1. The Bertz CT molecular complexity index is 837. The third kappa shape index (κ3) is 4.23. The van der Waals surface area contributed by atoms with Crippen molar-refractivity contribution in [3.8, 4) is 11.5 Å². The van der Waals surface area contributed by atoms with Gasteiger partial charge in [-0.15, -0.1) is 0 Å². The normalized spacial score (nSPS) is 15.8. The molecule has 2 aromatic carbocycles. The van der Waals surface area contributed by atoms with Crippen LogP contribution in [0, 0.1) is 0 Å². The summed E-state index contributed by atoms with van der Waals surface area (Å²) >= 11 is 13.1. The molecule has 0 spiro atoms. The van der Waals surface area contributed by atoms with Gasteiger partial charge in [0.05, 0.1) is 4.91 Å². The predicted octanol–water partition coefficient (Wildman–Crippen LogP) is 5.49. The van der Waals surface area contributed by atoms with Gasteiger partial charge in [-0.1, -0.05) is 68.0 Å². The number of amides is 1. The first-order valence-electron chi connectivity index (χ1n) is 6.49. The van der Waals surface area contributed by atoms with E-state index in [1.165, 1.54) is 11.8 Å². The Morgan fingerprint density at radius 1 is 1.13 bits per heavy atom. The maximum absolute atomic E-state index is 11.8. The highest BCUT2D eigenvalue weighted by molar-refractivity contribution is 9.10. The Morgan fingerprint density at radius 3 is 2.61 bits per heavy atom. The second kappa shape index (κ2) is 7.17. The third-order valence-electron chi connectivity index (χ3n) is 2.93. The fourth-order valence-electron chi connectivity index (χ4n) is 1.94. The van der Waals surface area contributed by atoms with Crippen LogP contribution in [0.2, 0.25) is 0 Å². The first kappa shape index (κ1) is 16.7. The lowest BCUT2D eigenvalue weighted by Crippen LogP contribution is -2.17. The molecule has 1 amide bonds. The predicted molar refractivity (Wildman–Crippen MR) is 105 cm³/mol. The Labute approximate surface area is 159 Å². The Morgan fingerprint density at radius 2 is 1.91 bits per heavy atom. The number of rotatable bonds is 3. The van der Waals surface area contributed by atoms with Gasteiger partial charge in [0.25, 0.3) is 5.91 Å². The minimum atomic E-state index is -0.184. The summed E-state index contributed by atoms with van der Waals surface area (Å²) in [7, 11) is 0. The monoisotopic (exact) mass is 469 g/mol. The summed E-state index contributed by atoms with van der Waals surface area (Å²) in [5.41, 5.74) is 0.801. The Balaban J connectivity index is 1.97. The molecule has 1 N–H and O–H groups in total. The Kier molecular flexibility index (Phi) is 5.21. The van der Waals surface area contributed by atoms with Gasteiger partial charge in [0.1, 0.15) is 15.8 Å². The summed E-state index contributed by atoms with van der Waals surface area (Å²) in [5.74, 6) is 1.17. The average Bonchev–Trinajstić information content (AvgIpc) is 2.80. The van der Waals surface area contributed by atoms with E-state index in [2.05, 4.69) is 37.2 Å². The van der Waals surface area contributed by atoms with E-state index >= 15 is 0 Å². The van der Waals surface area contributed by atoms with Crippen LogP contribution in [0.1, 0.15) is 5.56 Å². The van der Waals surface area contributed by atoms with Gasteiger partial charge in [-0.3, -0.25) is 4.79 Å². The van der Waals surface area contributed by atoms with Crippen LogP contribution in [0.4, 0.5) is 0 Å². The molecule has 3 nitrogen and oxygen atoms in total. The van der Waals surface area contributed by atoms with E-state index in [1.54, 1.807) is 6.08 Å². The summed E-state index contributed by atoms with van der Waals surface area (Å²) in [6.45, 7) is 0. The highest BCUT2D eigenvalue weighted by Crippen LogP contribution is 2.34. The molecule has 1 saturated heterocycles. The molecule has 1 fully saturated rings. The molecule has 116 valence electrons. The van der Waals surface area contributed by atoms with Crippen LogP contribution in [-0.2, 0) is 4.79 Å². The van der Waals surface area contributed by atoms with Crippen molar-refractivity contribution in [1.82, 2.24) is 5.32 Å². The fraction of sp³-hybridized carbons (Fsp3) is 0. The number of halogens is 2. The number of nitrogens with one attached hydrogen (secondary N) is 1. The first-order chi connectivity index (χ1) is 11.0. The van der Waals surface area contributed by atoms with Crippen LogP contribution < -0.4 is 10.1 Å². The van der Waals surface area contributed by atoms with Gasteiger partial charge in [-0.25, -0.2) is 0 Å². The van der Waals surface area contributed by atoms with Crippen LogP contribution in [0.3, 0.4) is 0 Å². The van der Waals surface area contributed by atoms with Gasteiger partial charge in [-0.05, 0) is 36.4 Å². The SMILES string of the molecule is O=C1NC(=S)SC1=Cc1ccc(Br)cc1Oc1cccc(Br)c1. The molecule has 1 heterocycles. The molecule has 23 heavy (non-hydrogen) atoms. The highest BCUT2D eigenvalue weighted by atomic mass is 79.9. The second-order valence-corrected chi connectivity index (χ2v) is 8.14. The maximum atomic E-state index is 11.8. The van der Waals surface area contributed by atoms with Crippen LogP contribution in [-0.4, -0.2) is 10.2 Å². The van der Waals surface area contributed by atoms with Crippen molar-refractivity contribution in [3.05, 3.63) is 61.9 Å². The van der Waals surface area contributed by atoms with Crippen LogP contribution >= 0.6 is 55.8 Å². The van der Waals surface area contributed by atoms with Gasteiger partial charge >= 0.3 is 0 Å². The molecule has 0 radical (unpaired) electrons. The second-order valence-electron chi connectivity index (χ2n) is 4.59. The number of hydrogen-bond acceptors (Lipinski definition) is 4. The lowest BCUT2D eigenvalue weighted by molar-refractivity contribution is -0.115. The number of thioether (sulfide) groups is 1. The quantitative estimate of drug-likeness (QED) is 0.475.